The molecule has 0 saturated carbocycles. The van der Waals surface area contributed by atoms with E-state index in [4.69, 9.17) is 0 Å². The maximum atomic E-state index is 4.52. The molecule has 0 bridgehead atoms. The second-order valence-electron chi connectivity index (χ2n) is 4.74. The number of halogens is 1. The molecule has 0 amide bonds. The molecule has 1 aliphatic rings. The molecule has 0 radical (unpaired) electrons. The van der Waals surface area contributed by atoms with Crippen LogP contribution >= 0.6 is 27.3 Å². The topological polar surface area (TPSA) is 40.7 Å². The second kappa shape index (κ2) is 5.15. The molecule has 2 aromatic heterocycles. The first-order chi connectivity index (χ1) is 8.75. The molecule has 96 valence electrons. The minimum absolute atomic E-state index is 0.635. The first kappa shape index (κ1) is 12.4. The molecular formula is C13H16BrN3S. The Morgan fingerprint density at radius 3 is 2.78 bits per heavy atom. The number of H-pyrrole nitrogens is 1. The van der Waals surface area contributed by atoms with Crippen molar-refractivity contribution in [3.05, 3.63) is 27.2 Å². The molecule has 0 atom stereocenters. The van der Waals surface area contributed by atoms with Crippen LogP contribution in [0.25, 0.3) is 10.6 Å². The van der Waals surface area contributed by atoms with Gasteiger partial charge in [0.25, 0.3) is 0 Å². The number of hydrogen-bond acceptors (Lipinski definition) is 3. The minimum Gasteiger partial charge on any atom is -0.317 e. The van der Waals surface area contributed by atoms with Crippen molar-refractivity contribution in [2.45, 2.75) is 25.7 Å². The summed E-state index contributed by atoms with van der Waals surface area (Å²) >= 11 is 5.25. The summed E-state index contributed by atoms with van der Waals surface area (Å²) in [6.07, 6.45) is 2.41. The Hall–Kier alpha value is -0.650. The molecule has 3 nitrogen and oxygen atoms in total. The van der Waals surface area contributed by atoms with Gasteiger partial charge < -0.3 is 5.32 Å². The third-order valence-corrected chi connectivity index (χ3v) is 5.23. The summed E-state index contributed by atoms with van der Waals surface area (Å²) < 4.78 is 1.16. The van der Waals surface area contributed by atoms with E-state index in [1.807, 2.05) is 0 Å². The molecule has 2 N–H and O–H groups in total. The van der Waals surface area contributed by atoms with E-state index in [1.165, 1.54) is 29.0 Å². The summed E-state index contributed by atoms with van der Waals surface area (Å²) in [4.78, 5) is 1.23. The monoisotopic (exact) mass is 325 g/mol. The Bertz CT molecular complexity index is 540. The van der Waals surface area contributed by atoms with Crippen molar-refractivity contribution in [3.63, 3.8) is 0 Å². The summed E-state index contributed by atoms with van der Waals surface area (Å²) in [6, 6.07) is 4.21. The summed E-state index contributed by atoms with van der Waals surface area (Å²) in [7, 11) is 0. The highest BCUT2D eigenvalue weighted by atomic mass is 79.9. The van der Waals surface area contributed by atoms with Crippen molar-refractivity contribution in [3.8, 4) is 10.6 Å². The highest BCUT2D eigenvalue weighted by Crippen LogP contribution is 2.35. The predicted octanol–water partition coefficient (Wildman–Crippen LogP) is 3.68. The summed E-state index contributed by atoms with van der Waals surface area (Å²) in [5.74, 6) is 0.635. The molecule has 3 rings (SSSR count). The molecule has 18 heavy (non-hydrogen) atoms. The van der Waals surface area contributed by atoms with Gasteiger partial charge in [0.1, 0.15) is 5.69 Å². The molecule has 0 aliphatic carbocycles. The van der Waals surface area contributed by atoms with Crippen LogP contribution < -0.4 is 5.32 Å². The molecule has 1 fully saturated rings. The highest BCUT2D eigenvalue weighted by molar-refractivity contribution is 9.11. The smallest absolute Gasteiger partial charge is 0.105 e. The summed E-state index contributed by atoms with van der Waals surface area (Å²) in [5.41, 5.74) is 3.76. The number of nitrogens with zero attached hydrogens (tertiary/aromatic N) is 1. The standard InChI is InChI=1S/C13H16BrN3S/c1-8-12(9-4-6-15-7-5-9)16-17-13(8)10-2-3-11(14)18-10/h2-3,9,15H,4-7H2,1H3,(H,16,17). The quantitative estimate of drug-likeness (QED) is 0.884. The first-order valence-electron chi connectivity index (χ1n) is 6.27. The number of aromatic amines is 1. The van der Waals surface area contributed by atoms with Gasteiger partial charge in [-0.2, -0.15) is 5.10 Å². The van der Waals surface area contributed by atoms with Crippen LogP contribution in [0.4, 0.5) is 0 Å². The molecule has 0 unspecified atom stereocenters. The third-order valence-electron chi connectivity index (χ3n) is 3.60. The zero-order chi connectivity index (χ0) is 12.5. The highest BCUT2D eigenvalue weighted by Gasteiger charge is 2.21. The van der Waals surface area contributed by atoms with Crippen LogP contribution in [0.3, 0.4) is 0 Å². The predicted molar refractivity (Wildman–Crippen MR) is 79.2 cm³/mol. The molecule has 1 saturated heterocycles. The van der Waals surface area contributed by atoms with Crippen molar-refractivity contribution >= 4 is 27.3 Å². The molecule has 0 aromatic carbocycles. The SMILES string of the molecule is Cc1c(-c2ccc(Br)s2)n[nH]c1C1CCNCC1. The molecule has 5 heteroatoms. The zero-order valence-electron chi connectivity index (χ0n) is 10.3. The van der Waals surface area contributed by atoms with Gasteiger partial charge in [-0.15, -0.1) is 11.3 Å². The third kappa shape index (κ3) is 2.27. The van der Waals surface area contributed by atoms with E-state index in [-0.39, 0.29) is 0 Å². The van der Waals surface area contributed by atoms with Gasteiger partial charge in [0.05, 0.1) is 8.66 Å². The van der Waals surface area contributed by atoms with Gasteiger partial charge in [-0.3, -0.25) is 5.10 Å². The van der Waals surface area contributed by atoms with Crippen LogP contribution in [0.5, 0.6) is 0 Å². The van der Waals surface area contributed by atoms with E-state index in [1.54, 1.807) is 11.3 Å². The maximum Gasteiger partial charge on any atom is 0.105 e. The number of piperidine rings is 1. The van der Waals surface area contributed by atoms with Crippen molar-refractivity contribution in [2.24, 2.45) is 0 Å². The fraction of sp³-hybridized carbons (Fsp3) is 0.462. The van der Waals surface area contributed by atoms with E-state index < -0.39 is 0 Å². The van der Waals surface area contributed by atoms with Gasteiger partial charge in [-0.25, -0.2) is 0 Å². The Labute approximate surface area is 119 Å². The van der Waals surface area contributed by atoms with Crippen LogP contribution in [0.15, 0.2) is 15.9 Å². The van der Waals surface area contributed by atoms with Crippen molar-refractivity contribution in [1.82, 2.24) is 15.5 Å². The average Bonchev–Trinajstić information content (AvgIpc) is 2.97. The van der Waals surface area contributed by atoms with Crippen molar-refractivity contribution in [1.29, 1.82) is 0 Å². The Balaban J connectivity index is 1.92. The summed E-state index contributed by atoms with van der Waals surface area (Å²) in [5, 5.41) is 11.2. The number of rotatable bonds is 2. The van der Waals surface area contributed by atoms with Gasteiger partial charge in [0.15, 0.2) is 0 Å². The Morgan fingerprint density at radius 1 is 1.33 bits per heavy atom. The van der Waals surface area contributed by atoms with Crippen molar-refractivity contribution < 1.29 is 0 Å². The molecular weight excluding hydrogens is 310 g/mol. The molecule has 3 heterocycles. The first-order valence-corrected chi connectivity index (χ1v) is 7.88. The number of aromatic nitrogens is 2. The van der Waals surface area contributed by atoms with Crippen LogP contribution in [0.2, 0.25) is 0 Å². The van der Waals surface area contributed by atoms with E-state index in [2.05, 4.69) is 50.5 Å². The second-order valence-corrected chi connectivity index (χ2v) is 7.20. The molecule has 0 spiro atoms. The number of nitrogens with one attached hydrogen (secondary N) is 2. The van der Waals surface area contributed by atoms with Gasteiger partial charge in [0.2, 0.25) is 0 Å². The van der Waals surface area contributed by atoms with E-state index in [0.29, 0.717) is 5.92 Å². The lowest BCUT2D eigenvalue weighted by Gasteiger charge is -2.22. The van der Waals surface area contributed by atoms with Crippen LogP contribution in [-0.2, 0) is 0 Å². The maximum absolute atomic E-state index is 4.52. The van der Waals surface area contributed by atoms with E-state index >= 15 is 0 Å². The Morgan fingerprint density at radius 2 is 2.11 bits per heavy atom. The fourth-order valence-electron chi connectivity index (χ4n) is 2.60. The molecule has 2 aromatic rings. The van der Waals surface area contributed by atoms with Gasteiger partial charge in [0, 0.05) is 11.6 Å². The van der Waals surface area contributed by atoms with E-state index in [9.17, 15) is 0 Å². The fourth-order valence-corrected chi connectivity index (χ4v) is 4.03. The van der Waals surface area contributed by atoms with Gasteiger partial charge in [-0.05, 0) is 66.5 Å². The van der Waals surface area contributed by atoms with Crippen molar-refractivity contribution in [2.75, 3.05) is 13.1 Å². The lowest BCUT2D eigenvalue weighted by atomic mass is 9.92. The zero-order valence-corrected chi connectivity index (χ0v) is 12.7. The van der Waals surface area contributed by atoms with Crippen LogP contribution in [0.1, 0.15) is 30.0 Å². The normalized spacial score (nSPS) is 17.2. The lowest BCUT2D eigenvalue weighted by molar-refractivity contribution is 0.451. The van der Waals surface area contributed by atoms with E-state index in [0.717, 1.165) is 22.6 Å². The minimum atomic E-state index is 0.635. The largest absolute Gasteiger partial charge is 0.317 e. The Kier molecular flexibility index (Phi) is 3.54. The van der Waals surface area contributed by atoms with Crippen LogP contribution in [-0.4, -0.2) is 23.3 Å². The van der Waals surface area contributed by atoms with Gasteiger partial charge in [-0.1, -0.05) is 0 Å². The van der Waals surface area contributed by atoms with Crippen LogP contribution in [0, 0.1) is 6.92 Å². The lowest BCUT2D eigenvalue weighted by Crippen LogP contribution is -2.27. The average molecular weight is 326 g/mol. The molecule has 1 aliphatic heterocycles. The van der Waals surface area contributed by atoms with Gasteiger partial charge >= 0.3 is 0 Å². The number of thiophene rings is 1. The summed E-state index contributed by atoms with van der Waals surface area (Å²) in [6.45, 7) is 4.41. The number of hydrogen-bond donors (Lipinski definition) is 2.